The molecule has 0 radical (unpaired) electrons. The lowest BCUT2D eigenvalue weighted by Gasteiger charge is -2.30. The van der Waals surface area contributed by atoms with Crippen LogP contribution in [0, 0.1) is 5.92 Å². The van der Waals surface area contributed by atoms with Gasteiger partial charge in [-0.1, -0.05) is 49.6 Å². The second-order valence-corrected chi connectivity index (χ2v) is 16.9. The largest absolute Gasteiger partial charge is 0.464 e. The van der Waals surface area contributed by atoms with Crippen LogP contribution in [0.5, 0.6) is 0 Å². The Morgan fingerprint density at radius 2 is 1.86 bits per heavy atom. The first-order chi connectivity index (χ1) is 10.5. The maximum atomic E-state index is 12.7. The smallest absolute Gasteiger partial charge is 0.313 e. The summed E-state index contributed by atoms with van der Waals surface area (Å²) in [4.78, 5) is 12.7. The molecule has 1 aromatic rings. The molecule has 4 heteroatoms. The van der Waals surface area contributed by atoms with Crippen LogP contribution in [0.4, 0.5) is 0 Å². The van der Waals surface area contributed by atoms with Gasteiger partial charge < -0.3 is 4.74 Å². The van der Waals surface area contributed by atoms with Crippen LogP contribution in [0.15, 0.2) is 30.3 Å². The molecule has 0 saturated heterocycles. The molecule has 124 valence electrons. The Bertz CT molecular complexity index is 464. The van der Waals surface area contributed by atoms with E-state index in [1.54, 1.807) is 0 Å². The van der Waals surface area contributed by atoms with Gasteiger partial charge in [0, 0.05) is 5.75 Å². The van der Waals surface area contributed by atoms with Gasteiger partial charge in [0.2, 0.25) is 0 Å². The molecular formula is C18H27IO2S. The summed E-state index contributed by atoms with van der Waals surface area (Å²) >= 11 is 2.49. The predicted octanol–water partition coefficient (Wildman–Crippen LogP) is 5.31. The van der Waals surface area contributed by atoms with E-state index >= 15 is 0 Å². The fourth-order valence-electron chi connectivity index (χ4n) is 3.16. The van der Waals surface area contributed by atoms with Crippen LogP contribution in [0.2, 0.25) is 0 Å². The molecule has 0 aliphatic heterocycles. The summed E-state index contributed by atoms with van der Waals surface area (Å²) < 4.78 is 5.66. The molecule has 2 rings (SSSR count). The van der Waals surface area contributed by atoms with Crippen molar-refractivity contribution < 1.29 is 9.53 Å². The molecule has 1 aliphatic rings. The summed E-state index contributed by atoms with van der Waals surface area (Å²) in [6.07, 6.45) is 10.6. The van der Waals surface area contributed by atoms with E-state index in [1.165, 1.54) is 19.3 Å². The zero-order valence-electron chi connectivity index (χ0n) is 13.6. The van der Waals surface area contributed by atoms with E-state index in [4.69, 9.17) is 4.74 Å². The van der Waals surface area contributed by atoms with Gasteiger partial charge in [-0.2, -0.15) is 7.20 Å². The van der Waals surface area contributed by atoms with Crippen molar-refractivity contribution in [3.8, 4) is 0 Å². The van der Waals surface area contributed by atoms with Crippen molar-refractivity contribution in [1.29, 1.82) is 0 Å². The summed E-state index contributed by atoms with van der Waals surface area (Å²) in [6, 6.07) is 10.2. The molecule has 1 aromatic carbocycles. The van der Waals surface area contributed by atoms with E-state index in [9.17, 15) is 4.79 Å². The minimum atomic E-state index is -0.642. The average Bonchev–Trinajstić information content (AvgIpc) is 2.48. The molecule has 2 nitrogen and oxygen atoms in total. The first kappa shape index (κ1) is 18.1. The van der Waals surface area contributed by atoms with Gasteiger partial charge in [-0.25, -0.2) is 0 Å². The van der Waals surface area contributed by atoms with Crippen LogP contribution < -0.4 is 0 Å². The van der Waals surface area contributed by atoms with Gasteiger partial charge in [0.05, 0.1) is 12.5 Å². The summed E-state index contributed by atoms with van der Waals surface area (Å²) in [5.41, 5.74) is 1.13. The monoisotopic (exact) mass is 434 g/mol. The van der Waals surface area contributed by atoms with E-state index in [1.807, 2.05) is 18.2 Å². The number of esters is 1. The minimum absolute atomic E-state index is 0.0156. The standard InChI is InChI=1S/C18H27IO2S/c1-22(2,19)14-13-21-18(20)17(15-9-5-3-6-10-15)16-11-7-4-8-12-16/h3,5-6,9-10,16-17H,4,7-8,11-14H2,1-2H3. The maximum Gasteiger partial charge on any atom is 0.313 e. The number of rotatable bonds is 6. The number of hydrogen-bond donors (Lipinski definition) is 0. The Morgan fingerprint density at radius 3 is 2.45 bits per heavy atom. The number of carbonyl (C=O) groups excluding carboxylic acids is 1. The minimum Gasteiger partial charge on any atom is -0.464 e. The van der Waals surface area contributed by atoms with Crippen molar-refractivity contribution in [2.75, 3.05) is 24.9 Å². The quantitative estimate of drug-likeness (QED) is 0.448. The van der Waals surface area contributed by atoms with Gasteiger partial charge in [-0.3, -0.25) is 4.79 Å². The maximum absolute atomic E-state index is 12.7. The van der Waals surface area contributed by atoms with Crippen molar-refractivity contribution >= 4 is 34.4 Å². The fourth-order valence-corrected chi connectivity index (χ4v) is 4.18. The summed E-state index contributed by atoms with van der Waals surface area (Å²) in [6.45, 7) is 0.556. The number of carbonyl (C=O) groups is 1. The molecule has 0 spiro atoms. The predicted molar refractivity (Wildman–Crippen MR) is 105 cm³/mol. The van der Waals surface area contributed by atoms with Crippen molar-refractivity contribution in [2.45, 2.75) is 38.0 Å². The van der Waals surface area contributed by atoms with Crippen LogP contribution in [0.3, 0.4) is 0 Å². The number of hydrogen-bond acceptors (Lipinski definition) is 2. The highest BCUT2D eigenvalue weighted by Gasteiger charge is 2.32. The van der Waals surface area contributed by atoms with Crippen LogP contribution in [0.25, 0.3) is 0 Å². The third kappa shape index (κ3) is 5.76. The molecule has 22 heavy (non-hydrogen) atoms. The summed E-state index contributed by atoms with van der Waals surface area (Å²) in [5.74, 6) is 1.33. The van der Waals surface area contributed by atoms with E-state index < -0.39 is 7.20 Å². The highest BCUT2D eigenvalue weighted by Crippen LogP contribution is 2.48. The highest BCUT2D eigenvalue weighted by atomic mass is 127. The Hall–Kier alpha value is -0.230. The van der Waals surface area contributed by atoms with Gasteiger partial charge in [0.25, 0.3) is 0 Å². The molecule has 1 atom stereocenters. The van der Waals surface area contributed by atoms with Crippen LogP contribution in [-0.4, -0.2) is 30.8 Å². The van der Waals surface area contributed by atoms with Gasteiger partial charge in [0.1, 0.15) is 0 Å². The summed E-state index contributed by atoms with van der Waals surface area (Å²) in [7, 11) is -0.642. The van der Waals surface area contributed by atoms with Gasteiger partial charge in [-0.15, -0.1) is 0 Å². The zero-order valence-corrected chi connectivity index (χ0v) is 16.6. The normalized spacial score (nSPS) is 18.7. The molecular weight excluding hydrogens is 407 g/mol. The molecule has 0 bridgehead atoms. The Morgan fingerprint density at radius 1 is 1.23 bits per heavy atom. The van der Waals surface area contributed by atoms with Crippen LogP contribution >= 0.6 is 28.4 Å². The molecule has 1 aliphatic carbocycles. The van der Waals surface area contributed by atoms with Crippen molar-refractivity contribution in [3.05, 3.63) is 35.9 Å². The van der Waals surface area contributed by atoms with Crippen molar-refractivity contribution in [1.82, 2.24) is 0 Å². The fraction of sp³-hybridized carbons (Fsp3) is 0.611. The van der Waals surface area contributed by atoms with E-state index in [0.29, 0.717) is 12.5 Å². The van der Waals surface area contributed by atoms with Crippen LogP contribution in [-0.2, 0) is 9.53 Å². The number of ether oxygens (including phenoxy) is 1. The first-order valence-electron chi connectivity index (χ1n) is 8.09. The lowest BCUT2D eigenvalue weighted by atomic mass is 9.77. The first-order valence-corrected chi connectivity index (χ1v) is 13.3. The Kier molecular flexibility index (Phi) is 7.06. The van der Waals surface area contributed by atoms with E-state index in [-0.39, 0.29) is 11.9 Å². The molecule has 0 amide bonds. The third-order valence-corrected chi connectivity index (χ3v) is 6.81. The third-order valence-electron chi connectivity index (χ3n) is 4.35. The van der Waals surface area contributed by atoms with Gasteiger partial charge in [-0.05, 0) is 58.0 Å². The molecule has 1 fully saturated rings. The van der Waals surface area contributed by atoms with Crippen LogP contribution in [0.1, 0.15) is 43.6 Å². The second-order valence-electron chi connectivity index (χ2n) is 6.56. The molecule has 0 aromatic heterocycles. The lowest BCUT2D eigenvalue weighted by Crippen LogP contribution is -2.26. The Balaban J connectivity index is 2.05. The topological polar surface area (TPSA) is 26.3 Å². The zero-order chi connectivity index (χ0) is 16.0. The van der Waals surface area contributed by atoms with E-state index in [2.05, 4.69) is 45.8 Å². The molecule has 0 N–H and O–H groups in total. The van der Waals surface area contributed by atoms with Gasteiger partial charge in [0.15, 0.2) is 0 Å². The number of benzene rings is 1. The number of halogens is 1. The molecule has 1 saturated carbocycles. The lowest BCUT2D eigenvalue weighted by molar-refractivity contribution is -0.146. The second kappa shape index (κ2) is 8.57. The van der Waals surface area contributed by atoms with Crippen molar-refractivity contribution in [3.63, 3.8) is 0 Å². The Labute approximate surface area is 148 Å². The molecule has 1 unspecified atom stereocenters. The average molecular weight is 434 g/mol. The SMILES string of the molecule is CS(C)(I)CCOC(=O)C(c1ccccc1)C1CCCCC1. The van der Waals surface area contributed by atoms with Crippen molar-refractivity contribution in [2.24, 2.45) is 5.92 Å². The summed E-state index contributed by atoms with van der Waals surface area (Å²) in [5, 5.41) is 0. The molecule has 0 heterocycles. The highest BCUT2D eigenvalue weighted by molar-refractivity contribution is 14.2. The van der Waals surface area contributed by atoms with Gasteiger partial charge >= 0.3 is 5.97 Å². The van der Waals surface area contributed by atoms with E-state index in [0.717, 1.165) is 24.2 Å².